The van der Waals surface area contributed by atoms with Gasteiger partial charge in [0.05, 0.1) is 12.8 Å². The van der Waals surface area contributed by atoms with E-state index in [1.165, 1.54) is 5.56 Å². The van der Waals surface area contributed by atoms with Crippen molar-refractivity contribution in [1.82, 2.24) is 4.98 Å². The molecule has 2 aromatic carbocycles. The van der Waals surface area contributed by atoms with Gasteiger partial charge in [0.15, 0.2) is 0 Å². The van der Waals surface area contributed by atoms with E-state index in [1.807, 2.05) is 29.6 Å². The van der Waals surface area contributed by atoms with Crippen LogP contribution >= 0.6 is 11.3 Å². The van der Waals surface area contributed by atoms with Crippen molar-refractivity contribution < 1.29 is 9.53 Å². The van der Waals surface area contributed by atoms with Gasteiger partial charge in [-0.15, -0.1) is 11.3 Å². The lowest BCUT2D eigenvalue weighted by molar-refractivity contribution is -0.116. The summed E-state index contributed by atoms with van der Waals surface area (Å²) < 4.78 is 5.10. The van der Waals surface area contributed by atoms with Crippen molar-refractivity contribution in [2.75, 3.05) is 12.4 Å². The smallest absolute Gasteiger partial charge is 0.224 e. The minimum absolute atomic E-state index is 0.0185. The van der Waals surface area contributed by atoms with E-state index in [-0.39, 0.29) is 5.91 Å². The van der Waals surface area contributed by atoms with Gasteiger partial charge in [0.1, 0.15) is 10.8 Å². The van der Waals surface area contributed by atoms with Crippen LogP contribution in [0.5, 0.6) is 5.75 Å². The van der Waals surface area contributed by atoms with Gasteiger partial charge in [-0.3, -0.25) is 4.79 Å². The molecule has 0 fully saturated rings. The molecule has 25 heavy (non-hydrogen) atoms. The molecule has 128 valence electrons. The molecule has 0 bridgehead atoms. The largest absolute Gasteiger partial charge is 0.497 e. The monoisotopic (exact) mass is 352 g/mol. The van der Waals surface area contributed by atoms with E-state index >= 15 is 0 Å². The number of carbonyl (C=O) groups excluding carboxylic acids is 1. The molecule has 4 nitrogen and oxygen atoms in total. The molecule has 5 heteroatoms. The molecule has 0 atom stereocenters. The van der Waals surface area contributed by atoms with Crippen molar-refractivity contribution in [3.63, 3.8) is 0 Å². The van der Waals surface area contributed by atoms with E-state index in [2.05, 4.69) is 41.5 Å². The van der Waals surface area contributed by atoms with Crippen molar-refractivity contribution >= 4 is 22.9 Å². The Balaban J connectivity index is 1.54. The maximum Gasteiger partial charge on any atom is 0.224 e. The fraction of sp³-hybridized carbons (Fsp3) is 0.200. The van der Waals surface area contributed by atoms with Crippen molar-refractivity contribution in [1.29, 1.82) is 0 Å². The van der Waals surface area contributed by atoms with Gasteiger partial charge < -0.3 is 10.1 Å². The van der Waals surface area contributed by atoms with Crippen LogP contribution in [0.2, 0.25) is 0 Å². The highest BCUT2D eigenvalue weighted by Gasteiger charge is 2.08. The number of nitrogens with one attached hydrogen (secondary N) is 1. The number of ether oxygens (including phenoxy) is 1. The Kier molecular flexibility index (Phi) is 5.46. The molecule has 0 aliphatic carbocycles. The zero-order chi connectivity index (χ0) is 17.6. The van der Waals surface area contributed by atoms with Gasteiger partial charge in [-0.2, -0.15) is 0 Å². The molecule has 0 aliphatic rings. The second-order valence-corrected chi connectivity index (χ2v) is 6.64. The summed E-state index contributed by atoms with van der Waals surface area (Å²) in [7, 11) is 1.62. The summed E-state index contributed by atoms with van der Waals surface area (Å²) in [5.74, 6) is 0.749. The minimum Gasteiger partial charge on any atom is -0.497 e. The van der Waals surface area contributed by atoms with E-state index in [1.54, 1.807) is 18.4 Å². The fourth-order valence-corrected chi connectivity index (χ4v) is 3.25. The number of aromatic nitrogens is 1. The number of benzene rings is 2. The molecule has 1 heterocycles. The maximum absolute atomic E-state index is 12.1. The molecule has 1 N–H and O–H groups in total. The van der Waals surface area contributed by atoms with Crippen molar-refractivity contribution in [3.8, 4) is 16.3 Å². The number of thiazole rings is 1. The van der Waals surface area contributed by atoms with Gasteiger partial charge in [0.2, 0.25) is 5.91 Å². The first-order chi connectivity index (χ1) is 12.1. The Bertz CT molecular complexity index is 839. The molecule has 1 amide bonds. The van der Waals surface area contributed by atoms with Gasteiger partial charge >= 0.3 is 0 Å². The predicted molar refractivity (Wildman–Crippen MR) is 102 cm³/mol. The van der Waals surface area contributed by atoms with E-state index in [0.29, 0.717) is 12.8 Å². The average Bonchev–Trinajstić information content (AvgIpc) is 3.10. The molecule has 0 spiro atoms. The molecule has 0 saturated carbocycles. The number of aryl methyl sites for hydroxylation is 2. The van der Waals surface area contributed by atoms with Crippen LogP contribution in [0.25, 0.3) is 10.6 Å². The standard InChI is InChI=1S/C20H20N2O2S/c1-14-3-5-15(6-4-14)20-22-17(13-25-20)9-12-19(23)21-16-7-10-18(24-2)11-8-16/h3-8,10-11,13H,9,12H2,1-2H3,(H,21,23). The Hall–Kier alpha value is -2.66. The Morgan fingerprint density at radius 3 is 2.52 bits per heavy atom. The summed E-state index contributed by atoms with van der Waals surface area (Å²) in [5.41, 5.74) is 4.06. The summed E-state index contributed by atoms with van der Waals surface area (Å²) >= 11 is 1.61. The third-order valence-electron chi connectivity index (χ3n) is 3.83. The molecular formula is C20H20N2O2S. The van der Waals surface area contributed by atoms with Crippen LogP contribution in [-0.2, 0) is 11.2 Å². The molecule has 0 radical (unpaired) electrons. The summed E-state index contributed by atoms with van der Waals surface area (Å²) in [5, 5.41) is 5.90. The molecule has 0 saturated heterocycles. The molecule has 3 rings (SSSR count). The minimum atomic E-state index is -0.0185. The number of anilines is 1. The normalized spacial score (nSPS) is 10.5. The van der Waals surface area contributed by atoms with Crippen LogP contribution in [0.1, 0.15) is 17.7 Å². The van der Waals surface area contributed by atoms with Gasteiger partial charge in [-0.1, -0.05) is 29.8 Å². The van der Waals surface area contributed by atoms with Crippen molar-refractivity contribution in [2.45, 2.75) is 19.8 Å². The number of rotatable bonds is 6. The summed E-state index contributed by atoms with van der Waals surface area (Å²) in [6, 6.07) is 15.6. The van der Waals surface area contributed by atoms with Crippen molar-refractivity contribution in [2.24, 2.45) is 0 Å². The van der Waals surface area contributed by atoms with Crippen LogP contribution in [0.15, 0.2) is 53.9 Å². The van der Waals surface area contributed by atoms with Crippen LogP contribution in [-0.4, -0.2) is 18.0 Å². The van der Waals surface area contributed by atoms with Gasteiger partial charge in [-0.05, 0) is 37.6 Å². The quantitative estimate of drug-likeness (QED) is 0.700. The number of hydrogen-bond donors (Lipinski definition) is 1. The van der Waals surface area contributed by atoms with E-state index in [9.17, 15) is 4.79 Å². The fourth-order valence-electron chi connectivity index (χ4n) is 2.39. The molecule has 0 aliphatic heterocycles. The Morgan fingerprint density at radius 2 is 1.84 bits per heavy atom. The van der Waals surface area contributed by atoms with Gasteiger partial charge in [0.25, 0.3) is 0 Å². The topological polar surface area (TPSA) is 51.2 Å². The van der Waals surface area contributed by atoms with Crippen LogP contribution in [0.4, 0.5) is 5.69 Å². The lowest BCUT2D eigenvalue weighted by atomic mass is 10.1. The van der Waals surface area contributed by atoms with Crippen molar-refractivity contribution in [3.05, 3.63) is 65.2 Å². The number of amides is 1. The van der Waals surface area contributed by atoms with E-state index in [4.69, 9.17) is 4.74 Å². The molecule has 3 aromatic rings. The van der Waals surface area contributed by atoms with Crippen LogP contribution in [0.3, 0.4) is 0 Å². The zero-order valence-corrected chi connectivity index (χ0v) is 15.1. The summed E-state index contributed by atoms with van der Waals surface area (Å²) in [4.78, 5) is 16.7. The average molecular weight is 352 g/mol. The van der Waals surface area contributed by atoms with Gasteiger partial charge in [-0.25, -0.2) is 4.98 Å². The first-order valence-corrected chi connectivity index (χ1v) is 8.97. The highest BCUT2D eigenvalue weighted by atomic mass is 32.1. The lowest BCUT2D eigenvalue weighted by Gasteiger charge is -2.05. The predicted octanol–water partition coefficient (Wildman–Crippen LogP) is 4.70. The van der Waals surface area contributed by atoms with E-state index in [0.717, 1.165) is 27.7 Å². The Morgan fingerprint density at radius 1 is 1.12 bits per heavy atom. The molecule has 0 unspecified atom stereocenters. The van der Waals surface area contributed by atoms with Crippen LogP contribution < -0.4 is 10.1 Å². The molecule has 1 aromatic heterocycles. The third-order valence-corrected chi connectivity index (χ3v) is 4.77. The summed E-state index contributed by atoms with van der Waals surface area (Å²) in [6.45, 7) is 2.07. The number of carbonyl (C=O) groups is 1. The van der Waals surface area contributed by atoms with Crippen LogP contribution in [0, 0.1) is 6.92 Å². The highest BCUT2D eigenvalue weighted by molar-refractivity contribution is 7.13. The van der Waals surface area contributed by atoms with Gasteiger partial charge in [0, 0.05) is 23.1 Å². The summed E-state index contributed by atoms with van der Waals surface area (Å²) in [6.07, 6.45) is 1.04. The first-order valence-electron chi connectivity index (χ1n) is 8.09. The SMILES string of the molecule is COc1ccc(NC(=O)CCc2csc(-c3ccc(C)cc3)n2)cc1. The van der Waals surface area contributed by atoms with E-state index < -0.39 is 0 Å². The second kappa shape index (κ2) is 7.94. The second-order valence-electron chi connectivity index (χ2n) is 5.79. The number of nitrogens with zero attached hydrogens (tertiary/aromatic N) is 1. The Labute approximate surface area is 151 Å². The maximum atomic E-state index is 12.1. The molecular weight excluding hydrogens is 332 g/mol. The number of methoxy groups -OCH3 is 1. The third kappa shape index (κ3) is 4.67. The zero-order valence-electron chi connectivity index (χ0n) is 14.3. The highest BCUT2D eigenvalue weighted by Crippen LogP contribution is 2.24. The first kappa shape index (κ1) is 17.2. The number of hydrogen-bond acceptors (Lipinski definition) is 4. The lowest BCUT2D eigenvalue weighted by Crippen LogP contribution is -2.12.